The number of aromatic nitrogens is 1. The predicted octanol–water partition coefficient (Wildman–Crippen LogP) is 2.24. The fourth-order valence-corrected chi connectivity index (χ4v) is 4.25. The van der Waals surface area contributed by atoms with Crippen LogP contribution in [0.5, 0.6) is 5.88 Å². The average molecular weight is 333 g/mol. The van der Waals surface area contributed by atoms with Crippen LogP contribution in [0, 0.1) is 5.92 Å². The van der Waals surface area contributed by atoms with Crippen molar-refractivity contribution in [3.8, 4) is 16.6 Å². The van der Waals surface area contributed by atoms with Gasteiger partial charge in [-0.2, -0.15) is 4.98 Å². The zero-order valence-electron chi connectivity index (χ0n) is 12.9. The molecule has 2 aromatic rings. The Morgan fingerprint density at radius 2 is 2.26 bits per heavy atom. The highest BCUT2D eigenvalue weighted by Gasteiger charge is 2.35. The van der Waals surface area contributed by atoms with E-state index in [0.717, 1.165) is 11.4 Å². The minimum absolute atomic E-state index is 0.00137. The van der Waals surface area contributed by atoms with E-state index in [0.29, 0.717) is 22.6 Å². The highest BCUT2D eigenvalue weighted by Crippen LogP contribution is 2.30. The van der Waals surface area contributed by atoms with Gasteiger partial charge in [0.1, 0.15) is 0 Å². The quantitative estimate of drug-likeness (QED) is 0.929. The molecule has 3 fully saturated rings. The minimum Gasteiger partial charge on any atom is -0.479 e. The monoisotopic (exact) mass is 333 g/mol. The van der Waals surface area contributed by atoms with Crippen molar-refractivity contribution < 1.29 is 13.9 Å². The molecule has 5 rings (SSSR count). The Labute approximate surface area is 138 Å². The molecule has 3 saturated heterocycles. The lowest BCUT2D eigenvalue weighted by atomic mass is 9.84. The first-order valence-corrected chi connectivity index (χ1v) is 8.67. The molecule has 0 spiro atoms. The zero-order chi connectivity index (χ0) is 15.8. The predicted molar refractivity (Wildman–Crippen MR) is 86.8 cm³/mol. The van der Waals surface area contributed by atoms with Gasteiger partial charge in [-0.25, -0.2) is 0 Å². The van der Waals surface area contributed by atoms with Gasteiger partial charge in [-0.3, -0.25) is 4.79 Å². The van der Waals surface area contributed by atoms with E-state index in [9.17, 15) is 4.79 Å². The van der Waals surface area contributed by atoms with Gasteiger partial charge in [-0.1, -0.05) is 0 Å². The molecule has 0 aliphatic carbocycles. The molecule has 1 amide bonds. The number of oxazole rings is 1. The third-order valence-electron chi connectivity index (χ3n) is 4.71. The van der Waals surface area contributed by atoms with Crippen LogP contribution < -0.4 is 10.1 Å². The summed E-state index contributed by atoms with van der Waals surface area (Å²) in [7, 11) is 1.54. The van der Waals surface area contributed by atoms with Crippen molar-refractivity contribution in [2.75, 3.05) is 26.7 Å². The van der Waals surface area contributed by atoms with Crippen molar-refractivity contribution in [1.29, 1.82) is 0 Å². The molecular formula is C16H19N3O3S. The molecule has 2 aromatic heterocycles. The number of fused-ring (bicyclic) bond motifs is 3. The lowest BCUT2D eigenvalue weighted by Crippen LogP contribution is -2.57. The second kappa shape index (κ2) is 5.98. The summed E-state index contributed by atoms with van der Waals surface area (Å²) in [5.74, 6) is 1.54. The van der Waals surface area contributed by atoms with Crippen molar-refractivity contribution in [2.24, 2.45) is 5.92 Å². The van der Waals surface area contributed by atoms with E-state index < -0.39 is 0 Å². The van der Waals surface area contributed by atoms with Crippen LogP contribution in [0.3, 0.4) is 0 Å². The Morgan fingerprint density at radius 3 is 2.91 bits per heavy atom. The van der Waals surface area contributed by atoms with Crippen LogP contribution in [0.4, 0.5) is 0 Å². The maximum absolute atomic E-state index is 12.5. The summed E-state index contributed by atoms with van der Waals surface area (Å²) in [5, 5.41) is 3.20. The van der Waals surface area contributed by atoms with Gasteiger partial charge in [0.05, 0.1) is 16.9 Å². The Balaban J connectivity index is 1.45. The highest BCUT2D eigenvalue weighted by atomic mass is 32.1. The molecular weight excluding hydrogens is 314 g/mol. The second-order valence-corrected chi connectivity index (χ2v) is 7.16. The third kappa shape index (κ3) is 2.86. The fraction of sp³-hybridized carbons (Fsp3) is 0.500. The van der Waals surface area contributed by atoms with Crippen LogP contribution in [-0.4, -0.2) is 48.6 Å². The van der Waals surface area contributed by atoms with Gasteiger partial charge in [-0.15, -0.1) is 11.3 Å². The first-order chi connectivity index (χ1) is 11.2. The maximum atomic E-state index is 12.5. The number of piperidine rings is 3. The average Bonchev–Trinajstić information content (AvgIpc) is 3.25. The third-order valence-corrected chi connectivity index (χ3v) is 5.78. The number of hydrogen-bond acceptors (Lipinski definition) is 6. The van der Waals surface area contributed by atoms with E-state index in [4.69, 9.17) is 9.15 Å². The van der Waals surface area contributed by atoms with Crippen LogP contribution in [0.25, 0.3) is 10.8 Å². The zero-order valence-corrected chi connectivity index (χ0v) is 13.8. The van der Waals surface area contributed by atoms with Gasteiger partial charge in [-0.05, 0) is 44.0 Å². The Bertz CT molecular complexity index is 703. The number of hydrogen-bond donors (Lipinski definition) is 1. The number of nitrogens with one attached hydrogen (secondary N) is 1. The topological polar surface area (TPSA) is 67.6 Å². The lowest BCUT2D eigenvalue weighted by Gasteiger charge is -2.44. The molecule has 0 saturated carbocycles. The number of thiophene rings is 1. The molecule has 2 bridgehead atoms. The van der Waals surface area contributed by atoms with Crippen LogP contribution in [0.2, 0.25) is 0 Å². The molecule has 6 nitrogen and oxygen atoms in total. The molecule has 1 N–H and O–H groups in total. The standard InChI is InChI=1S/C16H19N3O3S/c1-21-14-9-22-16(18-14)13-3-2-12(23-13)15(20)17-11-8-19-6-4-10(11)5-7-19/h2-3,9-11H,4-8H2,1H3,(H,17,20). The first-order valence-electron chi connectivity index (χ1n) is 7.86. The van der Waals surface area contributed by atoms with Gasteiger partial charge < -0.3 is 19.4 Å². The molecule has 122 valence electrons. The molecule has 3 aliphatic rings. The number of ether oxygens (including phenoxy) is 1. The van der Waals surface area contributed by atoms with E-state index >= 15 is 0 Å². The van der Waals surface area contributed by atoms with Gasteiger partial charge in [0.2, 0.25) is 5.89 Å². The van der Waals surface area contributed by atoms with Crippen molar-refractivity contribution in [2.45, 2.75) is 18.9 Å². The Morgan fingerprint density at radius 1 is 1.43 bits per heavy atom. The number of amides is 1. The van der Waals surface area contributed by atoms with E-state index in [-0.39, 0.29) is 11.9 Å². The smallest absolute Gasteiger partial charge is 0.261 e. The number of carbonyl (C=O) groups excluding carboxylic acids is 1. The number of methoxy groups -OCH3 is 1. The molecule has 1 atom stereocenters. The summed E-state index contributed by atoms with van der Waals surface area (Å²) in [6.07, 6.45) is 3.84. The van der Waals surface area contributed by atoms with Gasteiger partial charge in [0, 0.05) is 12.6 Å². The van der Waals surface area contributed by atoms with Crippen LogP contribution >= 0.6 is 11.3 Å². The number of carbonyl (C=O) groups is 1. The van der Waals surface area contributed by atoms with Crippen molar-refractivity contribution in [1.82, 2.24) is 15.2 Å². The largest absolute Gasteiger partial charge is 0.479 e. The van der Waals surface area contributed by atoms with Gasteiger partial charge in [0.15, 0.2) is 6.26 Å². The molecule has 1 unspecified atom stereocenters. The summed E-state index contributed by atoms with van der Waals surface area (Å²) >= 11 is 1.39. The minimum atomic E-state index is -0.00137. The van der Waals surface area contributed by atoms with E-state index in [1.165, 1.54) is 43.5 Å². The first kappa shape index (κ1) is 14.7. The van der Waals surface area contributed by atoms with Gasteiger partial charge >= 0.3 is 0 Å². The summed E-state index contributed by atoms with van der Waals surface area (Å²) in [6.45, 7) is 3.32. The van der Waals surface area contributed by atoms with Crippen LogP contribution in [0.15, 0.2) is 22.8 Å². The molecule has 5 heterocycles. The summed E-state index contributed by atoms with van der Waals surface area (Å²) < 4.78 is 10.4. The summed E-state index contributed by atoms with van der Waals surface area (Å²) in [5.41, 5.74) is 0. The highest BCUT2D eigenvalue weighted by molar-refractivity contribution is 7.17. The molecule has 0 radical (unpaired) electrons. The van der Waals surface area contributed by atoms with Gasteiger partial charge in [0.25, 0.3) is 11.8 Å². The molecule has 3 aliphatic heterocycles. The molecule has 7 heteroatoms. The molecule has 0 aromatic carbocycles. The summed E-state index contributed by atoms with van der Waals surface area (Å²) in [6, 6.07) is 3.96. The van der Waals surface area contributed by atoms with E-state index in [1.807, 2.05) is 12.1 Å². The Kier molecular flexibility index (Phi) is 3.82. The van der Waals surface area contributed by atoms with Crippen LogP contribution in [-0.2, 0) is 0 Å². The van der Waals surface area contributed by atoms with Crippen molar-refractivity contribution in [3.63, 3.8) is 0 Å². The van der Waals surface area contributed by atoms with Crippen molar-refractivity contribution in [3.05, 3.63) is 23.3 Å². The lowest BCUT2D eigenvalue weighted by molar-refractivity contribution is 0.0622. The normalized spacial score (nSPS) is 26.2. The molecule has 23 heavy (non-hydrogen) atoms. The van der Waals surface area contributed by atoms with Crippen molar-refractivity contribution >= 4 is 17.2 Å². The number of rotatable bonds is 4. The Hall–Kier alpha value is -1.86. The maximum Gasteiger partial charge on any atom is 0.261 e. The van der Waals surface area contributed by atoms with Crippen LogP contribution in [0.1, 0.15) is 22.5 Å². The summed E-state index contributed by atoms with van der Waals surface area (Å²) in [4.78, 5) is 20.7. The SMILES string of the molecule is COc1coc(-c2ccc(C(=O)NC3CN4CCC3CC4)s2)n1. The van der Waals surface area contributed by atoms with E-state index in [2.05, 4.69) is 15.2 Å². The fourth-order valence-electron chi connectivity index (χ4n) is 3.41. The second-order valence-electron chi connectivity index (χ2n) is 6.08. The van der Waals surface area contributed by atoms with E-state index in [1.54, 1.807) is 7.11 Å². The number of nitrogens with zero attached hydrogens (tertiary/aromatic N) is 2.